The summed E-state index contributed by atoms with van der Waals surface area (Å²) in [6, 6.07) is 14.9. The molecular weight excluding hydrogens is 322 g/mol. The van der Waals surface area contributed by atoms with Crippen LogP contribution in [-0.2, 0) is 9.53 Å². The van der Waals surface area contributed by atoms with Crippen LogP contribution in [0.15, 0.2) is 59.7 Å². The van der Waals surface area contributed by atoms with Gasteiger partial charge in [-0.2, -0.15) is 5.10 Å². The van der Waals surface area contributed by atoms with E-state index in [2.05, 4.69) is 5.10 Å². The molecule has 0 saturated heterocycles. The maximum Gasteiger partial charge on any atom is 0.331 e. The van der Waals surface area contributed by atoms with Crippen LogP contribution in [0.25, 0.3) is 0 Å². The first-order valence-corrected chi connectivity index (χ1v) is 7.78. The van der Waals surface area contributed by atoms with Crippen LogP contribution >= 0.6 is 0 Å². The van der Waals surface area contributed by atoms with Gasteiger partial charge in [-0.15, -0.1) is 0 Å². The van der Waals surface area contributed by atoms with Crippen LogP contribution in [0.4, 0.5) is 11.4 Å². The van der Waals surface area contributed by atoms with Crippen molar-refractivity contribution in [3.63, 3.8) is 0 Å². The van der Waals surface area contributed by atoms with Gasteiger partial charge in [-0.05, 0) is 17.7 Å². The van der Waals surface area contributed by atoms with Gasteiger partial charge in [0.05, 0.1) is 23.4 Å². The summed E-state index contributed by atoms with van der Waals surface area (Å²) in [6.45, 7) is 1.92. The first-order chi connectivity index (χ1) is 12.0. The molecule has 0 amide bonds. The number of anilines is 1. The van der Waals surface area contributed by atoms with Crippen LogP contribution in [0.2, 0.25) is 0 Å². The minimum absolute atomic E-state index is 0.0159. The molecule has 1 unspecified atom stereocenters. The summed E-state index contributed by atoms with van der Waals surface area (Å²) < 4.78 is 4.94. The van der Waals surface area contributed by atoms with Gasteiger partial charge >= 0.3 is 5.97 Å². The van der Waals surface area contributed by atoms with Crippen molar-refractivity contribution in [2.75, 3.05) is 12.1 Å². The average molecular weight is 339 g/mol. The number of nitro benzene ring substituents is 1. The lowest BCUT2D eigenvalue weighted by molar-refractivity contribution is -0.384. The normalized spacial score (nSPS) is 19.4. The van der Waals surface area contributed by atoms with Crippen molar-refractivity contribution in [2.45, 2.75) is 13.0 Å². The molecule has 7 heteroatoms. The second-order valence-corrected chi connectivity index (χ2v) is 5.73. The van der Waals surface area contributed by atoms with Gasteiger partial charge in [0.2, 0.25) is 0 Å². The molecule has 0 N–H and O–H groups in total. The number of nitrogens with zero attached hydrogens (tertiary/aromatic N) is 3. The molecule has 25 heavy (non-hydrogen) atoms. The highest BCUT2D eigenvalue weighted by Crippen LogP contribution is 2.32. The summed E-state index contributed by atoms with van der Waals surface area (Å²) in [4.78, 5) is 22.7. The summed E-state index contributed by atoms with van der Waals surface area (Å²) in [5.74, 6) is -0.592. The number of hydrogen-bond donors (Lipinski definition) is 0. The second-order valence-electron chi connectivity index (χ2n) is 5.73. The summed E-state index contributed by atoms with van der Waals surface area (Å²) in [5.41, 5.74) is 2.28. The Kier molecular flexibility index (Phi) is 4.47. The maximum absolute atomic E-state index is 12.3. The van der Waals surface area contributed by atoms with Crippen molar-refractivity contribution >= 4 is 23.1 Å². The minimum Gasteiger partial charge on any atom is -0.467 e. The van der Waals surface area contributed by atoms with Gasteiger partial charge in [0.25, 0.3) is 5.69 Å². The highest BCUT2D eigenvalue weighted by Gasteiger charge is 2.41. The van der Waals surface area contributed by atoms with Crippen LogP contribution in [-0.4, -0.2) is 29.8 Å². The third kappa shape index (κ3) is 3.08. The molecule has 3 rings (SSSR count). The van der Waals surface area contributed by atoms with Crippen molar-refractivity contribution in [3.8, 4) is 0 Å². The number of nitro groups is 1. The van der Waals surface area contributed by atoms with Crippen molar-refractivity contribution < 1.29 is 14.5 Å². The molecule has 128 valence electrons. The molecule has 1 aliphatic heterocycles. The molecule has 0 spiro atoms. The quantitative estimate of drug-likeness (QED) is 0.486. The zero-order valence-corrected chi connectivity index (χ0v) is 13.8. The van der Waals surface area contributed by atoms with Gasteiger partial charge in [-0.1, -0.05) is 37.3 Å². The van der Waals surface area contributed by atoms with Crippen LogP contribution in [0.1, 0.15) is 12.5 Å². The topological polar surface area (TPSA) is 85.0 Å². The Balaban J connectivity index is 2.02. The van der Waals surface area contributed by atoms with Gasteiger partial charge in [0, 0.05) is 18.1 Å². The number of rotatable bonds is 4. The van der Waals surface area contributed by atoms with Crippen molar-refractivity contribution in [1.29, 1.82) is 0 Å². The molecule has 0 aromatic heterocycles. The summed E-state index contributed by atoms with van der Waals surface area (Å²) in [7, 11) is 1.34. The molecular formula is C18H17N3O4. The average Bonchev–Trinajstić information content (AvgIpc) is 2.99. The number of carbonyl (C=O) groups excluding carboxylic acids is 1. The molecule has 0 fully saturated rings. The molecule has 7 nitrogen and oxygen atoms in total. The Bertz CT molecular complexity index is 818. The van der Waals surface area contributed by atoms with E-state index in [-0.39, 0.29) is 11.6 Å². The van der Waals surface area contributed by atoms with E-state index in [1.54, 1.807) is 17.1 Å². The zero-order valence-electron chi connectivity index (χ0n) is 13.8. The van der Waals surface area contributed by atoms with E-state index in [0.29, 0.717) is 5.69 Å². The number of methoxy groups -OCH3 is 1. The first-order valence-electron chi connectivity index (χ1n) is 7.78. The van der Waals surface area contributed by atoms with Crippen LogP contribution < -0.4 is 5.01 Å². The number of benzene rings is 2. The molecule has 0 aliphatic carbocycles. The van der Waals surface area contributed by atoms with E-state index in [9.17, 15) is 14.9 Å². The van der Waals surface area contributed by atoms with Crippen LogP contribution in [0, 0.1) is 16.0 Å². The zero-order chi connectivity index (χ0) is 18.0. The van der Waals surface area contributed by atoms with Crippen LogP contribution in [0.5, 0.6) is 0 Å². The molecule has 0 bridgehead atoms. The van der Waals surface area contributed by atoms with Gasteiger partial charge < -0.3 is 4.74 Å². The van der Waals surface area contributed by atoms with E-state index >= 15 is 0 Å². The SMILES string of the molecule is COC(=O)[C@H]1C(C)C(c2ccccc2)=NN1c1ccc([N+](=O)[O-])cc1. The molecule has 0 saturated carbocycles. The van der Waals surface area contributed by atoms with Crippen molar-refractivity contribution in [2.24, 2.45) is 11.0 Å². The maximum atomic E-state index is 12.3. The third-order valence-electron chi connectivity index (χ3n) is 4.22. The van der Waals surface area contributed by atoms with Gasteiger partial charge in [-0.25, -0.2) is 4.79 Å². The lowest BCUT2D eigenvalue weighted by atomic mass is 9.93. The molecule has 2 aromatic carbocycles. The molecule has 1 heterocycles. The molecule has 2 aromatic rings. The van der Waals surface area contributed by atoms with Crippen molar-refractivity contribution in [3.05, 3.63) is 70.3 Å². The predicted octanol–water partition coefficient (Wildman–Crippen LogP) is 3.00. The Morgan fingerprint density at radius 2 is 1.80 bits per heavy atom. The summed E-state index contributed by atoms with van der Waals surface area (Å²) in [5, 5.41) is 17.0. The fourth-order valence-corrected chi connectivity index (χ4v) is 2.93. The Morgan fingerprint density at radius 3 is 2.36 bits per heavy atom. The number of ether oxygens (including phenoxy) is 1. The van der Waals surface area contributed by atoms with E-state index in [4.69, 9.17) is 4.74 Å². The number of esters is 1. The highest BCUT2D eigenvalue weighted by molar-refractivity contribution is 6.08. The van der Waals surface area contributed by atoms with Crippen molar-refractivity contribution in [1.82, 2.24) is 0 Å². The fourth-order valence-electron chi connectivity index (χ4n) is 2.93. The van der Waals surface area contributed by atoms with E-state index in [1.807, 2.05) is 37.3 Å². The fraction of sp³-hybridized carbons (Fsp3) is 0.222. The smallest absolute Gasteiger partial charge is 0.331 e. The van der Waals surface area contributed by atoms with Gasteiger partial charge in [0.1, 0.15) is 0 Å². The Labute approximate surface area is 144 Å². The number of hydrogen-bond acceptors (Lipinski definition) is 6. The summed E-state index contributed by atoms with van der Waals surface area (Å²) in [6.07, 6.45) is 0. The largest absolute Gasteiger partial charge is 0.467 e. The standard InChI is InChI=1S/C18H17N3O4/c1-12-16(13-6-4-3-5-7-13)19-20(17(12)18(22)25-2)14-8-10-15(11-9-14)21(23)24/h3-12,17H,1-2H3/t12?,17-/m1/s1. The van der Waals surface area contributed by atoms with Gasteiger partial charge in [-0.3, -0.25) is 15.1 Å². The molecule has 2 atom stereocenters. The number of carbonyl (C=O) groups is 1. The monoisotopic (exact) mass is 339 g/mol. The highest BCUT2D eigenvalue weighted by atomic mass is 16.6. The number of hydrazone groups is 1. The lowest BCUT2D eigenvalue weighted by Gasteiger charge is -2.23. The van der Waals surface area contributed by atoms with Crippen LogP contribution in [0.3, 0.4) is 0 Å². The third-order valence-corrected chi connectivity index (χ3v) is 4.22. The van der Waals surface area contributed by atoms with E-state index in [1.165, 1.54) is 19.2 Å². The molecule has 0 radical (unpaired) electrons. The van der Waals surface area contributed by atoms with E-state index < -0.39 is 16.9 Å². The summed E-state index contributed by atoms with van der Waals surface area (Å²) >= 11 is 0. The predicted molar refractivity (Wildman–Crippen MR) is 93.5 cm³/mol. The number of non-ortho nitro benzene ring substituents is 1. The Hall–Kier alpha value is -3.22. The Morgan fingerprint density at radius 1 is 1.16 bits per heavy atom. The van der Waals surface area contributed by atoms with E-state index in [0.717, 1.165) is 11.3 Å². The minimum atomic E-state index is -0.623. The molecule has 1 aliphatic rings. The van der Waals surface area contributed by atoms with Gasteiger partial charge in [0.15, 0.2) is 6.04 Å². The first kappa shape index (κ1) is 16.6. The second kappa shape index (κ2) is 6.72. The lowest BCUT2D eigenvalue weighted by Crippen LogP contribution is -2.40.